The second-order valence-corrected chi connectivity index (χ2v) is 7.39. The Morgan fingerprint density at radius 2 is 1.00 bits per heavy atom. The summed E-state index contributed by atoms with van der Waals surface area (Å²) in [7, 11) is 0. The second-order valence-electron chi connectivity index (χ2n) is 7.39. The molecule has 0 aliphatic heterocycles. The largest absolute Gasteiger partial charge is 0.376 e. The molecule has 0 rings (SSSR count). The number of unbranched alkanes of at least 4 members (excludes halogenated alkanes) is 9. The Morgan fingerprint density at radius 1 is 0.542 bits per heavy atom. The van der Waals surface area contributed by atoms with Gasteiger partial charge in [-0.15, -0.1) is 0 Å². The van der Waals surface area contributed by atoms with Gasteiger partial charge in [-0.1, -0.05) is 64.7 Å². The first kappa shape index (κ1) is 23.9. The zero-order valence-electron chi connectivity index (χ0n) is 17.1. The molecule has 0 N–H and O–H groups in total. The summed E-state index contributed by atoms with van der Waals surface area (Å²) >= 11 is 0. The van der Waals surface area contributed by atoms with Crippen molar-refractivity contribution in [1.82, 2.24) is 0 Å². The Bertz CT molecular complexity index is 243. The van der Waals surface area contributed by atoms with Gasteiger partial charge in [0, 0.05) is 6.61 Å². The quantitative estimate of drug-likeness (QED) is 0.279. The fourth-order valence-corrected chi connectivity index (χ4v) is 2.60. The summed E-state index contributed by atoms with van der Waals surface area (Å²) in [5.74, 6) is 0. The van der Waals surface area contributed by atoms with Crippen LogP contribution in [0.4, 0.5) is 0 Å². The van der Waals surface area contributed by atoms with Crippen LogP contribution in [-0.2, 0) is 14.2 Å². The van der Waals surface area contributed by atoms with E-state index in [1.54, 1.807) is 0 Å². The van der Waals surface area contributed by atoms with Gasteiger partial charge in [-0.2, -0.15) is 0 Å². The zero-order valence-corrected chi connectivity index (χ0v) is 17.1. The van der Waals surface area contributed by atoms with E-state index < -0.39 is 0 Å². The Morgan fingerprint density at radius 3 is 1.54 bits per heavy atom. The Hall–Kier alpha value is -0.120. The fourth-order valence-electron chi connectivity index (χ4n) is 2.60. The van der Waals surface area contributed by atoms with E-state index in [4.69, 9.17) is 14.2 Å². The minimum Gasteiger partial charge on any atom is -0.376 e. The van der Waals surface area contributed by atoms with Crippen LogP contribution in [0.1, 0.15) is 98.8 Å². The Labute approximate surface area is 151 Å². The third kappa shape index (κ3) is 18.2. The van der Waals surface area contributed by atoms with Crippen LogP contribution >= 0.6 is 0 Å². The van der Waals surface area contributed by atoms with Gasteiger partial charge in [-0.3, -0.25) is 0 Å². The third-order valence-corrected chi connectivity index (χ3v) is 4.18. The number of hydrogen-bond acceptors (Lipinski definition) is 3. The van der Waals surface area contributed by atoms with Gasteiger partial charge < -0.3 is 14.2 Å². The van der Waals surface area contributed by atoms with Crippen molar-refractivity contribution in [3.63, 3.8) is 0 Å². The molecular weight excluding hydrogens is 300 g/mol. The molecule has 0 aromatic carbocycles. The summed E-state index contributed by atoms with van der Waals surface area (Å²) in [6.45, 7) is 12.7. The van der Waals surface area contributed by atoms with E-state index in [0.29, 0.717) is 13.2 Å². The molecule has 0 radical (unpaired) electrons. The third-order valence-electron chi connectivity index (χ3n) is 4.18. The van der Waals surface area contributed by atoms with Gasteiger partial charge in [0.05, 0.1) is 31.5 Å². The lowest BCUT2D eigenvalue weighted by Gasteiger charge is -2.18. The molecule has 0 spiro atoms. The molecule has 0 aromatic rings. The van der Waals surface area contributed by atoms with Gasteiger partial charge in [0.25, 0.3) is 0 Å². The number of rotatable bonds is 18. The van der Waals surface area contributed by atoms with Crippen molar-refractivity contribution in [2.24, 2.45) is 0 Å². The lowest BCUT2D eigenvalue weighted by molar-refractivity contribution is -0.0659. The average molecular weight is 345 g/mol. The zero-order chi connectivity index (χ0) is 18.0. The first-order chi connectivity index (χ1) is 11.6. The van der Waals surface area contributed by atoms with E-state index in [1.807, 2.05) is 13.8 Å². The Kier molecular flexibility index (Phi) is 17.6. The van der Waals surface area contributed by atoms with Crippen LogP contribution in [0.3, 0.4) is 0 Å². The van der Waals surface area contributed by atoms with Gasteiger partial charge in [0.1, 0.15) is 0 Å². The summed E-state index contributed by atoms with van der Waals surface area (Å²) < 4.78 is 17.1. The highest BCUT2D eigenvalue weighted by Crippen LogP contribution is 2.10. The lowest BCUT2D eigenvalue weighted by Crippen LogP contribution is -2.24. The van der Waals surface area contributed by atoms with Gasteiger partial charge in [0.15, 0.2) is 0 Å². The molecule has 0 fully saturated rings. The van der Waals surface area contributed by atoms with Crippen molar-refractivity contribution in [2.75, 3.05) is 19.8 Å². The molecular formula is C21H44O3. The molecule has 0 amide bonds. The molecule has 0 aliphatic rings. The first-order valence-electron chi connectivity index (χ1n) is 10.4. The van der Waals surface area contributed by atoms with Crippen LogP contribution in [0.5, 0.6) is 0 Å². The van der Waals surface area contributed by atoms with Crippen LogP contribution in [0, 0.1) is 0 Å². The highest BCUT2D eigenvalue weighted by atomic mass is 16.6. The summed E-state index contributed by atoms with van der Waals surface area (Å²) in [6, 6.07) is 0. The summed E-state index contributed by atoms with van der Waals surface area (Å²) in [4.78, 5) is 0. The predicted molar refractivity (Wildman–Crippen MR) is 104 cm³/mol. The molecule has 0 aliphatic carbocycles. The molecule has 3 heteroatoms. The highest BCUT2D eigenvalue weighted by Gasteiger charge is 2.08. The van der Waals surface area contributed by atoms with E-state index >= 15 is 0 Å². The molecule has 24 heavy (non-hydrogen) atoms. The summed E-state index contributed by atoms with van der Waals surface area (Å²) in [5, 5.41) is 0. The van der Waals surface area contributed by atoms with E-state index in [0.717, 1.165) is 6.61 Å². The van der Waals surface area contributed by atoms with Crippen LogP contribution in [0.2, 0.25) is 0 Å². The Balaban J connectivity index is 3.27. The maximum Gasteiger partial charge on any atom is 0.0781 e. The minimum absolute atomic E-state index is 0.135. The molecule has 0 bridgehead atoms. The molecule has 0 heterocycles. The maximum atomic E-state index is 5.82. The molecule has 146 valence electrons. The molecule has 3 nitrogen and oxygen atoms in total. The van der Waals surface area contributed by atoms with Crippen LogP contribution in [0.25, 0.3) is 0 Å². The lowest BCUT2D eigenvalue weighted by atomic mass is 10.1. The normalized spacial score (nSPS) is 14.2. The highest BCUT2D eigenvalue weighted by molar-refractivity contribution is 4.54. The van der Waals surface area contributed by atoms with E-state index in [-0.39, 0.29) is 18.3 Å². The molecule has 2 atom stereocenters. The average Bonchev–Trinajstić information content (AvgIpc) is 2.56. The predicted octanol–water partition coefficient (Wildman–Crippen LogP) is 6.14. The standard InChI is InChI=1S/C21H44O3/c1-6-7-8-9-10-11-12-13-14-15-16-22-20(4)18-24-21(5)17-23-19(2)3/h19-21H,6-18H2,1-5H3. The minimum atomic E-state index is 0.135. The van der Waals surface area contributed by atoms with Crippen molar-refractivity contribution in [3.05, 3.63) is 0 Å². The van der Waals surface area contributed by atoms with Crippen LogP contribution < -0.4 is 0 Å². The van der Waals surface area contributed by atoms with Crippen LogP contribution in [0.15, 0.2) is 0 Å². The van der Waals surface area contributed by atoms with Crippen molar-refractivity contribution in [2.45, 2.75) is 117 Å². The van der Waals surface area contributed by atoms with Gasteiger partial charge in [-0.25, -0.2) is 0 Å². The fraction of sp³-hybridized carbons (Fsp3) is 1.00. The van der Waals surface area contributed by atoms with Gasteiger partial charge in [-0.05, 0) is 34.1 Å². The molecule has 2 unspecified atom stereocenters. The van der Waals surface area contributed by atoms with Crippen molar-refractivity contribution in [3.8, 4) is 0 Å². The topological polar surface area (TPSA) is 27.7 Å². The monoisotopic (exact) mass is 344 g/mol. The van der Waals surface area contributed by atoms with E-state index in [2.05, 4.69) is 20.8 Å². The van der Waals surface area contributed by atoms with Gasteiger partial charge in [0.2, 0.25) is 0 Å². The van der Waals surface area contributed by atoms with Crippen molar-refractivity contribution < 1.29 is 14.2 Å². The van der Waals surface area contributed by atoms with E-state index in [9.17, 15) is 0 Å². The maximum absolute atomic E-state index is 5.82. The summed E-state index contributed by atoms with van der Waals surface area (Å²) in [6.07, 6.45) is 14.2. The van der Waals surface area contributed by atoms with Crippen molar-refractivity contribution >= 4 is 0 Å². The molecule has 0 aromatic heterocycles. The second kappa shape index (κ2) is 17.7. The number of ether oxygens (including phenoxy) is 3. The smallest absolute Gasteiger partial charge is 0.0781 e. The molecule has 0 saturated heterocycles. The number of hydrogen-bond donors (Lipinski definition) is 0. The SMILES string of the molecule is CCCCCCCCCCCCOC(C)COC(C)COC(C)C. The van der Waals surface area contributed by atoms with Crippen LogP contribution in [-0.4, -0.2) is 38.1 Å². The van der Waals surface area contributed by atoms with E-state index in [1.165, 1.54) is 64.2 Å². The summed E-state index contributed by atoms with van der Waals surface area (Å²) in [5.41, 5.74) is 0. The molecule has 0 saturated carbocycles. The first-order valence-corrected chi connectivity index (χ1v) is 10.4. The van der Waals surface area contributed by atoms with Crippen molar-refractivity contribution in [1.29, 1.82) is 0 Å². The van der Waals surface area contributed by atoms with Gasteiger partial charge >= 0.3 is 0 Å².